The monoisotopic (exact) mass is 395 g/mol. The minimum Gasteiger partial charge on any atom is -0.486 e. The number of anilines is 1. The first-order valence-corrected chi connectivity index (χ1v) is 10.0. The minimum atomic E-state index is -0.280. The van der Waals surface area contributed by atoms with E-state index in [1.54, 1.807) is 16.2 Å². The number of rotatable bonds is 8. The van der Waals surface area contributed by atoms with Crippen molar-refractivity contribution in [1.29, 1.82) is 0 Å². The predicted molar refractivity (Wildman–Crippen MR) is 109 cm³/mol. The van der Waals surface area contributed by atoms with Gasteiger partial charge in [0, 0.05) is 24.2 Å². The van der Waals surface area contributed by atoms with E-state index in [0.717, 1.165) is 27.7 Å². The van der Waals surface area contributed by atoms with Gasteiger partial charge in [-0.25, -0.2) is 9.78 Å². The van der Waals surface area contributed by atoms with E-state index in [-0.39, 0.29) is 6.09 Å². The molecule has 0 spiro atoms. The highest BCUT2D eigenvalue weighted by Crippen LogP contribution is 2.20. The molecule has 1 amide bonds. The van der Waals surface area contributed by atoms with Crippen molar-refractivity contribution in [2.45, 2.75) is 19.7 Å². The molecule has 0 atom stereocenters. The zero-order valence-electron chi connectivity index (χ0n) is 15.3. The third kappa shape index (κ3) is 4.68. The van der Waals surface area contributed by atoms with E-state index in [4.69, 9.17) is 9.47 Å². The second kappa shape index (κ2) is 8.86. The topological polar surface area (TPSA) is 63.7 Å². The summed E-state index contributed by atoms with van der Waals surface area (Å²) < 4.78 is 10.7. The highest BCUT2D eigenvalue weighted by Gasteiger charge is 2.23. The molecule has 3 aromatic rings. The van der Waals surface area contributed by atoms with Crippen molar-refractivity contribution >= 4 is 23.1 Å². The molecule has 1 aromatic heterocycles. The fourth-order valence-corrected chi connectivity index (χ4v) is 3.66. The molecule has 0 saturated carbocycles. The Balaban J connectivity index is 1.26. The molecular formula is C21H21N3O3S. The Kier molecular flexibility index (Phi) is 5.84. The first-order valence-electron chi connectivity index (χ1n) is 9.13. The van der Waals surface area contributed by atoms with Crippen LogP contribution in [-0.4, -0.2) is 24.2 Å². The molecular weight excluding hydrogens is 374 g/mol. The van der Waals surface area contributed by atoms with Crippen LogP contribution >= 0.6 is 11.3 Å². The quantitative estimate of drug-likeness (QED) is 0.625. The third-order valence-electron chi connectivity index (χ3n) is 4.32. The minimum absolute atomic E-state index is 0.280. The van der Waals surface area contributed by atoms with Gasteiger partial charge in [-0.1, -0.05) is 30.3 Å². The second-order valence-corrected chi connectivity index (χ2v) is 7.32. The van der Waals surface area contributed by atoms with Crippen LogP contribution in [0.3, 0.4) is 0 Å². The number of nitrogens with zero attached hydrogens (tertiary/aromatic N) is 2. The van der Waals surface area contributed by atoms with E-state index < -0.39 is 0 Å². The average Bonchev–Trinajstić information content (AvgIpc) is 3.36. The predicted octanol–water partition coefficient (Wildman–Crippen LogP) is 3.97. The summed E-state index contributed by atoms with van der Waals surface area (Å²) in [7, 11) is 0. The lowest BCUT2D eigenvalue weighted by Crippen LogP contribution is -2.23. The van der Waals surface area contributed by atoms with Crippen molar-refractivity contribution < 1.29 is 14.3 Å². The SMILES string of the molecule is O=C1OCCN1c1cccc(CNCc2csc(COc3ccccc3)n2)c1. The number of thiazole rings is 1. The zero-order chi connectivity index (χ0) is 19.2. The van der Waals surface area contributed by atoms with Gasteiger partial charge in [-0.15, -0.1) is 11.3 Å². The highest BCUT2D eigenvalue weighted by atomic mass is 32.1. The summed E-state index contributed by atoms with van der Waals surface area (Å²) in [6, 6.07) is 17.7. The van der Waals surface area contributed by atoms with Gasteiger partial charge in [0.15, 0.2) is 0 Å². The molecule has 6 nitrogen and oxygen atoms in total. The van der Waals surface area contributed by atoms with Gasteiger partial charge in [-0.05, 0) is 29.8 Å². The van der Waals surface area contributed by atoms with Crippen molar-refractivity contribution in [2.75, 3.05) is 18.1 Å². The maximum absolute atomic E-state index is 11.7. The van der Waals surface area contributed by atoms with Crippen LogP contribution in [0, 0.1) is 0 Å². The summed E-state index contributed by atoms with van der Waals surface area (Å²) in [6.07, 6.45) is -0.280. The van der Waals surface area contributed by atoms with Gasteiger partial charge in [0.25, 0.3) is 0 Å². The summed E-state index contributed by atoms with van der Waals surface area (Å²) in [4.78, 5) is 18.0. The van der Waals surface area contributed by atoms with Crippen LogP contribution in [0.1, 0.15) is 16.3 Å². The highest BCUT2D eigenvalue weighted by molar-refractivity contribution is 7.09. The summed E-state index contributed by atoms with van der Waals surface area (Å²) in [5.41, 5.74) is 2.98. The summed E-state index contributed by atoms with van der Waals surface area (Å²) in [5.74, 6) is 0.846. The van der Waals surface area contributed by atoms with Gasteiger partial charge >= 0.3 is 6.09 Å². The number of ether oxygens (including phenoxy) is 2. The largest absolute Gasteiger partial charge is 0.486 e. The van der Waals surface area contributed by atoms with Gasteiger partial charge < -0.3 is 14.8 Å². The Morgan fingerprint density at radius 2 is 2.04 bits per heavy atom. The number of cyclic esters (lactones) is 1. The Labute approximate surface area is 167 Å². The Hall–Kier alpha value is -2.90. The number of para-hydroxylation sites is 1. The first-order chi connectivity index (χ1) is 13.8. The van der Waals surface area contributed by atoms with Gasteiger partial charge in [-0.2, -0.15) is 0 Å². The first kappa shape index (κ1) is 18.5. The number of benzene rings is 2. The molecule has 1 fully saturated rings. The van der Waals surface area contributed by atoms with E-state index in [1.807, 2.05) is 60.0 Å². The van der Waals surface area contributed by atoms with Gasteiger partial charge in [-0.3, -0.25) is 4.90 Å². The molecule has 1 N–H and O–H groups in total. The number of hydrogen-bond donors (Lipinski definition) is 1. The molecule has 2 aromatic carbocycles. The van der Waals surface area contributed by atoms with Crippen molar-refractivity contribution in [1.82, 2.24) is 10.3 Å². The molecule has 2 heterocycles. The van der Waals surface area contributed by atoms with Crippen LogP contribution in [-0.2, 0) is 24.4 Å². The van der Waals surface area contributed by atoms with Crippen molar-refractivity contribution in [2.24, 2.45) is 0 Å². The molecule has 0 bridgehead atoms. The number of hydrogen-bond acceptors (Lipinski definition) is 6. The second-order valence-electron chi connectivity index (χ2n) is 6.37. The van der Waals surface area contributed by atoms with E-state index in [9.17, 15) is 4.79 Å². The van der Waals surface area contributed by atoms with Crippen LogP contribution in [0.2, 0.25) is 0 Å². The van der Waals surface area contributed by atoms with E-state index in [0.29, 0.717) is 32.8 Å². The van der Waals surface area contributed by atoms with Gasteiger partial charge in [0.1, 0.15) is 24.0 Å². The molecule has 28 heavy (non-hydrogen) atoms. The number of nitrogens with one attached hydrogen (secondary N) is 1. The van der Waals surface area contributed by atoms with E-state index >= 15 is 0 Å². The van der Waals surface area contributed by atoms with Crippen molar-refractivity contribution in [3.05, 3.63) is 76.2 Å². The average molecular weight is 395 g/mol. The molecule has 7 heteroatoms. The lowest BCUT2D eigenvalue weighted by Gasteiger charge is -2.14. The summed E-state index contributed by atoms with van der Waals surface area (Å²) in [5, 5.41) is 6.41. The normalized spacial score (nSPS) is 13.6. The lowest BCUT2D eigenvalue weighted by atomic mass is 10.2. The Morgan fingerprint density at radius 3 is 2.86 bits per heavy atom. The van der Waals surface area contributed by atoms with E-state index in [2.05, 4.69) is 10.3 Å². The molecule has 4 rings (SSSR count). The fourth-order valence-electron chi connectivity index (χ4n) is 2.96. The van der Waals surface area contributed by atoms with Crippen molar-refractivity contribution in [3.63, 3.8) is 0 Å². The molecule has 144 valence electrons. The Bertz CT molecular complexity index is 929. The maximum atomic E-state index is 11.7. The smallest absolute Gasteiger partial charge is 0.414 e. The summed E-state index contributed by atoms with van der Waals surface area (Å²) >= 11 is 1.60. The molecule has 0 aliphatic carbocycles. The van der Waals surface area contributed by atoms with Gasteiger partial charge in [0.05, 0.1) is 12.2 Å². The van der Waals surface area contributed by atoms with Crippen LogP contribution in [0.15, 0.2) is 60.0 Å². The van der Waals surface area contributed by atoms with Gasteiger partial charge in [0.2, 0.25) is 0 Å². The third-order valence-corrected chi connectivity index (χ3v) is 5.19. The number of carbonyl (C=O) groups excluding carboxylic acids is 1. The molecule has 1 saturated heterocycles. The molecule has 0 radical (unpaired) electrons. The molecule has 1 aliphatic heterocycles. The zero-order valence-corrected chi connectivity index (χ0v) is 16.2. The van der Waals surface area contributed by atoms with Crippen LogP contribution in [0.25, 0.3) is 0 Å². The van der Waals surface area contributed by atoms with Crippen LogP contribution < -0.4 is 15.0 Å². The lowest BCUT2D eigenvalue weighted by molar-refractivity contribution is 0.181. The molecule has 0 unspecified atom stereocenters. The number of aromatic nitrogens is 1. The summed E-state index contributed by atoms with van der Waals surface area (Å²) in [6.45, 7) is 2.90. The van der Waals surface area contributed by atoms with Crippen LogP contribution in [0.5, 0.6) is 5.75 Å². The Morgan fingerprint density at radius 1 is 1.14 bits per heavy atom. The van der Waals surface area contributed by atoms with Crippen molar-refractivity contribution in [3.8, 4) is 5.75 Å². The fraction of sp³-hybridized carbons (Fsp3) is 0.238. The number of amides is 1. The standard InChI is InChI=1S/C21H21N3O3S/c25-21-24(9-10-26-21)18-6-4-5-16(11-18)12-22-13-17-15-28-20(23-17)14-27-19-7-2-1-3-8-19/h1-8,11,15,22H,9-10,12-14H2. The van der Waals surface area contributed by atoms with Crippen LogP contribution in [0.4, 0.5) is 10.5 Å². The van der Waals surface area contributed by atoms with E-state index in [1.165, 1.54) is 0 Å². The number of carbonyl (C=O) groups is 1. The maximum Gasteiger partial charge on any atom is 0.414 e. The molecule has 1 aliphatic rings.